The first-order valence-corrected chi connectivity index (χ1v) is 16.1. The summed E-state index contributed by atoms with van der Waals surface area (Å²) in [7, 11) is 1.69. The minimum absolute atomic E-state index is 0.00280. The molecule has 0 saturated heterocycles. The molecule has 3 N–H and O–H groups in total. The van der Waals surface area contributed by atoms with Crippen molar-refractivity contribution in [2.45, 2.75) is 96.6 Å². The highest BCUT2D eigenvalue weighted by Crippen LogP contribution is 2.43. The molecule has 2 aromatic rings. The number of hydrogen-bond acceptors (Lipinski definition) is 5. The molecule has 1 aliphatic carbocycles. The number of carbonyl (C=O) groups is 2. The summed E-state index contributed by atoms with van der Waals surface area (Å²) < 4.78 is 6.13. The molecule has 2 aromatic carbocycles. The first kappa shape index (κ1) is 35.2. The van der Waals surface area contributed by atoms with E-state index in [2.05, 4.69) is 56.7 Å². The van der Waals surface area contributed by atoms with E-state index in [-0.39, 0.29) is 36.4 Å². The quantitative estimate of drug-likeness (QED) is 0.185. The van der Waals surface area contributed by atoms with Crippen LogP contribution < -0.4 is 10.6 Å². The number of carbonyl (C=O) groups excluding carboxylic acids is 2. The number of likely N-dealkylation sites (N-methyl/N-ethyl adjacent to an activating group) is 1. The van der Waals surface area contributed by atoms with E-state index in [4.69, 9.17) is 4.74 Å². The lowest BCUT2D eigenvalue weighted by atomic mass is 9.98. The van der Waals surface area contributed by atoms with Crippen LogP contribution >= 0.6 is 0 Å². The van der Waals surface area contributed by atoms with Crippen molar-refractivity contribution in [1.82, 2.24) is 15.5 Å². The third-order valence-corrected chi connectivity index (χ3v) is 8.71. The molecule has 44 heavy (non-hydrogen) atoms. The Labute approximate surface area is 264 Å². The van der Waals surface area contributed by atoms with Crippen molar-refractivity contribution in [1.29, 1.82) is 0 Å². The Bertz CT molecular complexity index is 1250. The first-order valence-electron chi connectivity index (χ1n) is 16.1. The van der Waals surface area contributed by atoms with Crippen molar-refractivity contribution in [2.24, 2.45) is 5.92 Å². The van der Waals surface area contributed by atoms with Crippen molar-refractivity contribution in [3.05, 3.63) is 95.6 Å². The summed E-state index contributed by atoms with van der Waals surface area (Å²) in [6, 6.07) is 12.9. The summed E-state index contributed by atoms with van der Waals surface area (Å²) in [6.45, 7) is 16.6. The highest BCUT2D eigenvalue weighted by atomic mass is 16.5. The minimum atomic E-state index is -0.879. The Morgan fingerprint density at radius 3 is 2.55 bits per heavy atom. The van der Waals surface area contributed by atoms with Gasteiger partial charge in [-0.3, -0.25) is 9.59 Å². The van der Waals surface area contributed by atoms with E-state index < -0.39 is 18.2 Å². The van der Waals surface area contributed by atoms with Crippen LogP contribution in [0.4, 0.5) is 0 Å². The van der Waals surface area contributed by atoms with E-state index in [0.717, 1.165) is 31.2 Å². The summed E-state index contributed by atoms with van der Waals surface area (Å²) in [6.07, 6.45) is 6.79. The zero-order valence-corrected chi connectivity index (χ0v) is 27.4. The number of unbranched alkanes of at least 4 members (excludes halogenated alkanes) is 1. The summed E-state index contributed by atoms with van der Waals surface area (Å²) in [4.78, 5) is 28.5. The van der Waals surface area contributed by atoms with Gasteiger partial charge in [0.2, 0.25) is 11.8 Å². The van der Waals surface area contributed by atoms with Crippen LogP contribution in [0.3, 0.4) is 0 Å². The summed E-state index contributed by atoms with van der Waals surface area (Å²) in [5.74, 6) is -0.518. The molecule has 6 atom stereocenters. The Kier molecular flexibility index (Phi) is 13.8. The van der Waals surface area contributed by atoms with Crippen LogP contribution in [0.15, 0.2) is 67.8 Å². The molecule has 0 bridgehead atoms. The number of benzene rings is 2. The molecule has 2 amide bonds. The van der Waals surface area contributed by atoms with Gasteiger partial charge in [0.25, 0.3) is 0 Å². The van der Waals surface area contributed by atoms with Gasteiger partial charge in [-0.1, -0.05) is 86.9 Å². The van der Waals surface area contributed by atoms with Crippen LogP contribution in [0.5, 0.6) is 0 Å². The summed E-state index contributed by atoms with van der Waals surface area (Å²) in [5, 5.41) is 18.3. The molecular formula is C37H53N3O4. The van der Waals surface area contributed by atoms with Crippen LogP contribution in [0.1, 0.15) is 85.9 Å². The topological polar surface area (TPSA) is 90.9 Å². The number of fused-ring (bicyclic) bond motifs is 1. The number of nitrogens with zero attached hydrogens (tertiary/aromatic N) is 1. The predicted molar refractivity (Wildman–Crippen MR) is 178 cm³/mol. The van der Waals surface area contributed by atoms with Gasteiger partial charge in [0, 0.05) is 25.6 Å². The maximum atomic E-state index is 13.8. The minimum Gasteiger partial charge on any atom is -0.390 e. The SMILES string of the molecule is C=CCO[C@H]1C[C@@H](NCC(O)C(Cc2ccccc2)NC(=O)[C@H](CC=C)N(C)C(=O)[C@@H](C)CCCC)c2cc(C)cc(C)c21. The number of ether oxygens (including phenoxy) is 1. The van der Waals surface area contributed by atoms with Gasteiger partial charge in [0.05, 0.1) is 24.9 Å². The molecule has 3 rings (SSSR count). The number of aliphatic hydroxyl groups is 1. The summed E-state index contributed by atoms with van der Waals surface area (Å²) >= 11 is 0. The van der Waals surface area contributed by atoms with Gasteiger partial charge in [-0.15, -0.1) is 13.2 Å². The van der Waals surface area contributed by atoms with Crippen LogP contribution in [-0.4, -0.2) is 60.2 Å². The number of aliphatic hydroxyl groups excluding tert-OH is 1. The standard InChI is InChI=1S/C37H53N3O4/c1-8-11-16-26(5)37(43)40(7)32(15-9-2)36(42)39-31(22-28-17-13-12-14-18-28)33(41)24-38-30-23-34(44-19-10-3)35-27(6)20-25(4)21-29(30)35/h9-10,12-14,17-18,20-21,26,30-34,38,41H,2-3,8,11,15-16,19,22-24H2,1,4-7H3,(H,39,42)/t26-,30+,31?,32-,33?,34-/m0/s1. The third kappa shape index (κ3) is 9.37. The van der Waals surface area contributed by atoms with Gasteiger partial charge < -0.3 is 25.4 Å². The molecule has 0 saturated carbocycles. The zero-order valence-electron chi connectivity index (χ0n) is 27.4. The van der Waals surface area contributed by atoms with E-state index in [9.17, 15) is 14.7 Å². The number of aryl methyl sites for hydroxylation is 2. The normalized spacial score (nSPS) is 18.5. The van der Waals surface area contributed by atoms with E-state index in [0.29, 0.717) is 19.4 Å². The lowest BCUT2D eigenvalue weighted by Crippen LogP contribution is -2.55. The second-order valence-corrected chi connectivity index (χ2v) is 12.3. The predicted octanol–water partition coefficient (Wildman–Crippen LogP) is 5.90. The third-order valence-electron chi connectivity index (χ3n) is 8.71. The van der Waals surface area contributed by atoms with Crippen molar-refractivity contribution in [3.8, 4) is 0 Å². The molecule has 7 heteroatoms. The number of amides is 2. The molecule has 0 radical (unpaired) electrons. The average molecular weight is 604 g/mol. The molecule has 240 valence electrons. The van der Waals surface area contributed by atoms with E-state index >= 15 is 0 Å². The van der Waals surface area contributed by atoms with Gasteiger partial charge in [0.15, 0.2) is 0 Å². The monoisotopic (exact) mass is 603 g/mol. The van der Waals surface area contributed by atoms with Crippen LogP contribution in [0.25, 0.3) is 0 Å². The molecule has 2 unspecified atom stereocenters. The van der Waals surface area contributed by atoms with Gasteiger partial charge in [-0.25, -0.2) is 0 Å². The summed E-state index contributed by atoms with van der Waals surface area (Å²) in [5.41, 5.74) is 5.78. The van der Waals surface area contributed by atoms with Crippen LogP contribution in [0.2, 0.25) is 0 Å². The van der Waals surface area contributed by atoms with Crippen molar-refractivity contribution in [3.63, 3.8) is 0 Å². The molecule has 0 aliphatic heterocycles. The van der Waals surface area contributed by atoms with Gasteiger partial charge in [-0.2, -0.15) is 0 Å². The van der Waals surface area contributed by atoms with E-state index in [1.807, 2.05) is 37.3 Å². The maximum absolute atomic E-state index is 13.8. The molecule has 0 aromatic heterocycles. The zero-order chi connectivity index (χ0) is 32.2. The Morgan fingerprint density at radius 2 is 1.89 bits per heavy atom. The van der Waals surface area contributed by atoms with E-state index in [1.165, 1.54) is 22.3 Å². The van der Waals surface area contributed by atoms with Crippen molar-refractivity contribution in [2.75, 3.05) is 20.2 Å². The van der Waals surface area contributed by atoms with Crippen molar-refractivity contribution >= 4 is 11.8 Å². The molecule has 0 fully saturated rings. The van der Waals surface area contributed by atoms with Crippen LogP contribution in [-0.2, 0) is 20.7 Å². The lowest BCUT2D eigenvalue weighted by molar-refractivity contribution is -0.142. The fourth-order valence-corrected chi connectivity index (χ4v) is 6.30. The Morgan fingerprint density at radius 1 is 1.16 bits per heavy atom. The first-order chi connectivity index (χ1) is 21.1. The molecule has 1 aliphatic rings. The van der Waals surface area contributed by atoms with Gasteiger partial charge >= 0.3 is 0 Å². The largest absolute Gasteiger partial charge is 0.390 e. The second-order valence-electron chi connectivity index (χ2n) is 12.3. The maximum Gasteiger partial charge on any atom is 0.243 e. The highest BCUT2D eigenvalue weighted by Gasteiger charge is 2.35. The fourth-order valence-electron chi connectivity index (χ4n) is 6.30. The molecule has 7 nitrogen and oxygen atoms in total. The van der Waals surface area contributed by atoms with E-state index in [1.54, 1.807) is 24.1 Å². The number of rotatable bonds is 18. The van der Waals surface area contributed by atoms with Crippen LogP contribution in [0, 0.1) is 19.8 Å². The lowest BCUT2D eigenvalue weighted by Gasteiger charge is -2.32. The number of hydrogen-bond donors (Lipinski definition) is 3. The van der Waals surface area contributed by atoms with Gasteiger partial charge in [0.1, 0.15) is 6.04 Å². The highest BCUT2D eigenvalue weighted by molar-refractivity contribution is 5.88. The van der Waals surface area contributed by atoms with Crippen molar-refractivity contribution < 1.29 is 19.4 Å². The molecular weight excluding hydrogens is 550 g/mol. The van der Waals surface area contributed by atoms with Gasteiger partial charge in [-0.05, 0) is 61.8 Å². The smallest absolute Gasteiger partial charge is 0.243 e. The second kappa shape index (κ2) is 17.3. The Hall–Kier alpha value is -3.26. The molecule has 0 spiro atoms. The molecule has 0 heterocycles. The fraction of sp³-hybridized carbons (Fsp3) is 0.514. The number of nitrogens with one attached hydrogen (secondary N) is 2. The Balaban J connectivity index is 1.78. The average Bonchev–Trinajstić information content (AvgIpc) is 3.36.